The maximum absolute atomic E-state index is 12.8. The van der Waals surface area contributed by atoms with Crippen molar-refractivity contribution in [3.63, 3.8) is 0 Å². The van der Waals surface area contributed by atoms with Gasteiger partial charge in [-0.1, -0.05) is 43.2 Å². The van der Waals surface area contributed by atoms with E-state index in [0.29, 0.717) is 19.7 Å². The molecule has 1 fully saturated rings. The molecule has 0 aliphatic carbocycles. The minimum absolute atomic E-state index is 0.124. The highest BCUT2D eigenvalue weighted by Gasteiger charge is 2.35. The SMILES string of the molecule is C#CCN(CCC)C(=O)C1CCCOC1c1ccccc1. The molecule has 112 valence electrons. The molecule has 1 aromatic rings. The van der Waals surface area contributed by atoms with Crippen molar-refractivity contribution in [3.8, 4) is 12.3 Å². The van der Waals surface area contributed by atoms with Crippen LogP contribution >= 0.6 is 0 Å². The van der Waals surface area contributed by atoms with E-state index in [2.05, 4.69) is 12.8 Å². The van der Waals surface area contributed by atoms with Gasteiger partial charge in [-0.15, -0.1) is 6.42 Å². The third-order valence-electron chi connectivity index (χ3n) is 3.85. The Balaban J connectivity index is 2.18. The summed E-state index contributed by atoms with van der Waals surface area (Å²) in [7, 11) is 0. The summed E-state index contributed by atoms with van der Waals surface area (Å²) in [5.41, 5.74) is 1.08. The summed E-state index contributed by atoms with van der Waals surface area (Å²) in [6.45, 7) is 3.86. The molecule has 2 rings (SSSR count). The van der Waals surface area contributed by atoms with Crippen molar-refractivity contribution in [3.05, 3.63) is 35.9 Å². The van der Waals surface area contributed by atoms with Gasteiger partial charge in [-0.05, 0) is 24.8 Å². The van der Waals surface area contributed by atoms with Crippen LogP contribution in [-0.4, -0.2) is 30.5 Å². The lowest BCUT2D eigenvalue weighted by Crippen LogP contribution is -2.41. The van der Waals surface area contributed by atoms with E-state index in [-0.39, 0.29) is 17.9 Å². The molecular weight excluding hydrogens is 262 g/mol. The van der Waals surface area contributed by atoms with E-state index in [0.717, 1.165) is 24.8 Å². The first-order valence-electron chi connectivity index (χ1n) is 7.66. The van der Waals surface area contributed by atoms with Crippen LogP contribution in [0.2, 0.25) is 0 Å². The summed E-state index contributed by atoms with van der Waals surface area (Å²) in [6, 6.07) is 10.0. The van der Waals surface area contributed by atoms with E-state index in [4.69, 9.17) is 11.2 Å². The Labute approximate surface area is 127 Å². The molecular formula is C18H23NO2. The molecule has 0 aromatic heterocycles. The molecule has 1 aliphatic heterocycles. The van der Waals surface area contributed by atoms with Crippen LogP contribution < -0.4 is 0 Å². The summed E-state index contributed by atoms with van der Waals surface area (Å²) in [4.78, 5) is 14.6. The molecule has 1 aromatic carbocycles. The lowest BCUT2D eigenvalue weighted by molar-refractivity contribution is -0.145. The summed E-state index contributed by atoms with van der Waals surface area (Å²) in [5, 5.41) is 0. The van der Waals surface area contributed by atoms with Crippen LogP contribution in [0.1, 0.15) is 37.9 Å². The summed E-state index contributed by atoms with van der Waals surface area (Å²) in [5.74, 6) is 2.60. The van der Waals surface area contributed by atoms with Crippen LogP contribution in [0, 0.1) is 18.3 Å². The van der Waals surface area contributed by atoms with Crippen LogP contribution in [0.5, 0.6) is 0 Å². The average molecular weight is 285 g/mol. The van der Waals surface area contributed by atoms with Crippen molar-refractivity contribution >= 4 is 5.91 Å². The first kappa shape index (κ1) is 15.6. The van der Waals surface area contributed by atoms with Gasteiger partial charge in [0, 0.05) is 13.2 Å². The second-order valence-corrected chi connectivity index (χ2v) is 5.41. The largest absolute Gasteiger partial charge is 0.373 e. The zero-order valence-electron chi connectivity index (χ0n) is 12.6. The number of ether oxygens (including phenoxy) is 1. The summed E-state index contributed by atoms with van der Waals surface area (Å²) >= 11 is 0. The number of benzene rings is 1. The quantitative estimate of drug-likeness (QED) is 0.778. The predicted molar refractivity (Wildman–Crippen MR) is 83.6 cm³/mol. The Hall–Kier alpha value is -1.79. The van der Waals surface area contributed by atoms with Crippen molar-refractivity contribution in [2.24, 2.45) is 5.92 Å². The van der Waals surface area contributed by atoms with Gasteiger partial charge in [-0.2, -0.15) is 0 Å². The van der Waals surface area contributed by atoms with Crippen molar-refractivity contribution in [1.82, 2.24) is 4.90 Å². The van der Waals surface area contributed by atoms with Crippen molar-refractivity contribution < 1.29 is 9.53 Å². The zero-order valence-corrected chi connectivity index (χ0v) is 12.6. The van der Waals surface area contributed by atoms with Crippen molar-refractivity contribution in [2.45, 2.75) is 32.3 Å². The number of terminal acetylenes is 1. The number of rotatable bonds is 5. The number of hydrogen-bond donors (Lipinski definition) is 0. The standard InChI is InChI=1S/C18H23NO2/c1-3-12-19(13-4-2)18(20)16-11-8-14-21-17(16)15-9-6-5-7-10-15/h1,5-7,9-10,16-17H,4,8,11-14H2,2H3. The molecule has 3 heteroatoms. The molecule has 1 aliphatic rings. The molecule has 2 atom stereocenters. The maximum atomic E-state index is 12.8. The Morgan fingerprint density at radius 1 is 1.43 bits per heavy atom. The van der Waals surface area contributed by atoms with Crippen molar-refractivity contribution in [1.29, 1.82) is 0 Å². The Kier molecular flexibility index (Phi) is 5.83. The minimum Gasteiger partial charge on any atom is -0.373 e. The average Bonchev–Trinajstić information content (AvgIpc) is 2.55. The molecule has 0 saturated carbocycles. The molecule has 21 heavy (non-hydrogen) atoms. The highest BCUT2D eigenvalue weighted by atomic mass is 16.5. The number of amides is 1. The fourth-order valence-corrected chi connectivity index (χ4v) is 2.89. The van der Waals surface area contributed by atoms with Gasteiger partial charge in [-0.3, -0.25) is 4.79 Å². The minimum atomic E-state index is -0.149. The first-order chi connectivity index (χ1) is 10.3. The predicted octanol–water partition coefficient (Wildman–Crippen LogP) is 3.03. The van der Waals surface area contributed by atoms with Gasteiger partial charge < -0.3 is 9.64 Å². The number of carbonyl (C=O) groups is 1. The second-order valence-electron chi connectivity index (χ2n) is 5.41. The van der Waals surface area contributed by atoms with Gasteiger partial charge in [0.2, 0.25) is 5.91 Å². The Morgan fingerprint density at radius 3 is 2.86 bits per heavy atom. The molecule has 1 heterocycles. The highest BCUT2D eigenvalue weighted by Crippen LogP contribution is 2.34. The molecule has 3 nitrogen and oxygen atoms in total. The smallest absolute Gasteiger partial charge is 0.229 e. The fraction of sp³-hybridized carbons (Fsp3) is 0.500. The molecule has 0 radical (unpaired) electrons. The van der Waals surface area contributed by atoms with Gasteiger partial charge in [0.25, 0.3) is 0 Å². The zero-order chi connectivity index (χ0) is 15.1. The van der Waals surface area contributed by atoms with Crippen LogP contribution in [0.15, 0.2) is 30.3 Å². The number of carbonyl (C=O) groups excluding carboxylic acids is 1. The normalized spacial score (nSPS) is 21.5. The van der Waals surface area contributed by atoms with Gasteiger partial charge in [0.1, 0.15) is 0 Å². The molecule has 0 spiro atoms. The van der Waals surface area contributed by atoms with Crippen LogP contribution in [0.3, 0.4) is 0 Å². The van der Waals surface area contributed by atoms with Gasteiger partial charge >= 0.3 is 0 Å². The fourth-order valence-electron chi connectivity index (χ4n) is 2.89. The number of hydrogen-bond acceptors (Lipinski definition) is 2. The van der Waals surface area contributed by atoms with E-state index in [1.807, 2.05) is 30.3 Å². The summed E-state index contributed by atoms with van der Waals surface area (Å²) in [6.07, 6.45) is 7.95. The molecule has 0 bridgehead atoms. The van der Waals surface area contributed by atoms with E-state index in [1.165, 1.54) is 0 Å². The van der Waals surface area contributed by atoms with Gasteiger partial charge in [0.05, 0.1) is 18.6 Å². The van der Waals surface area contributed by atoms with E-state index in [9.17, 15) is 4.79 Å². The first-order valence-corrected chi connectivity index (χ1v) is 7.66. The topological polar surface area (TPSA) is 29.5 Å². The molecule has 1 amide bonds. The van der Waals surface area contributed by atoms with E-state index in [1.54, 1.807) is 4.90 Å². The van der Waals surface area contributed by atoms with Crippen LogP contribution in [0.25, 0.3) is 0 Å². The monoisotopic (exact) mass is 285 g/mol. The third kappa shape index (κ3) is 3.86. The molecule has 0 N–H and O–H groups in total. The second kappa shape index (κ2) is 7.85. The van der Waals surface area contributed by atoms with Crippen LogP contribution in [-0.2, 0) is 9.53 Å². The maximum Gasteiger partial charge on any atom is 0.229 e. The van der Waals surface area contributed by atoms with E-state index >= 15 is 0 Å². The van der Waals surface area contributed by atoms with Gasteiger partial charge in [-0.25, -0.2) is 0 Å². The van der Waals surface area contributed by atoms with Crippen LogP contribution in [0.4, 0.5) is 0 Å². The molecule has 2 unspecified atom stereocenters. The van der Waals surface area contributed by atoms with Crippen molar-refractivity contribution in [2.75, 3.05) is 19.7 Å². The number of nitrogens with zero attached hydrogens (tertiary/aromatic N) is 1. The summed E-state index contributed by atoms with van der Waals surface area (Å²) < 4.78 is 5.91. The highest BCUT2D eigenvalue weighted by molar-refractivity contribution is 5.80. The third-order valence-corrected chi connectivity index (χ3v) is 3.85. The lowest BCUT2D eigenvalue weighted by atomic mass is 9.88. The molecule has 1 saturated heterocycles. The Bertz CT molecular complexity index is 492. The Morgan fingerprint density at radius 2 is 2.19 bits per heavy atom. The lowest BCUT2D eigenvalue weighted by Gasteiger charge is -2.34. The van der Waals surface area contributed by atoms with E-state index < -0.39 is 0 Å². The van der Waals surface area contributed by atoms with Gasteiger partial charge in [0.15, 0.2) is 0 Å².